The van der Waals surface area contributed by atoms with Gasteiger partial charge in [-0.25, -0.2) is 0 Å². The Kier molecular flexibility index (Phi) is 6.20. The van der Waals surface area contributed by atoms with Crippen LogP contribution in [0.5, 0.6) is 0 Å². The molecule has 1 saturated heterocycles. The molecule has 0 aliphatic carbocycles. The number of ether oxygens (including phenoxy) is 5. The highest BCUT2D eigenvalue weighted by Gasteiger charge is 2.44. The van der Waals surface area contributed by atoms with E-state index < -0.39 is 36.4 Å². The first-order valence-corrected chi connectivity index (χ1v) is 5.97. The third-order valence-electron chi connectivity index (χ3n) is 2.75. The molecule has 0 aromatic rings. The molecule has 0 spiro atoms. The number of carbonyl (C=O) groups is 2. The molecule has 110 valence electrons. The van der Waals surface area contributed by atoms with E-state index in [1.165, 1.54) is 28.1 Å². The lowest BCUT2D eigenvalue weighted by molar-refractivity contribution is -0.227. The fraction of sp³-hybridized carbons (Fsp3) is 0.833. The molecule has 0 unspecified atom stereocenters. The maximum absolute atomic E-state index is 11.2. The summed E-state index contributed by atoms with van der Waals surface area (Å²) in [7, 11) is 2.99. The summed E-state index contributed by atoms with van der Waals surface area (Å²) in [5.41, 5.74) is 0. The molecule has 1 heterocycles. The highest BCUT2D eigenvalue weighted by Crippen LogP contribution is 2.23. The second-order valence-electron chi connectivity index (χ2n) is 4.25. The molecule has 19 heavy (non-hydrogen) atoms. The summed E-state index contributed by atoms with van der Waals surface area (Å²) >= 11 is 0. The van der Waals surface area contributed by atoms with Gasteiger partial charge in [0.05, 0.1) is 13.2 Å². The summed E-state index contributed by atoms with van der Waals surface area (Å²) in [6.45, 7) is 3.02. The molecule has 0 bridgehead atoms. The minimum atomic E-state index is -0.680. The predicted octanol–water partition coefficient (Wildman–Crippen LogP) is -0.0900. The van der Waals surface area contributed by atoms with Crippen LogP contribution in [0.25, 0.3) is 0 Å². The van der Waals surface area contributed by atoms with Gasteiger partial charge in [-0.1, -0.05) is 0 Å². The smallest absolute Gasteiger partial charge is 0.303 e. The monoisotopic (exact) mass is 276 g/mol. The van der Waals surface area contributed by atoms with Crippen LogP contribution in [-0.4, -0.2) is 63.8 Å². The van der Waals surface area contributed by atoms with E-state index in [0.29, 0.717) is 0 Å². The first-order valence-electron chi connectivity index (χ1n) is 5.97. The molecular weight excluding hydrogens is 256 g/mol. The number of rotatable bonds is 5. The van der Waals surface area contributed by atoms with Gasteiger partial charge < -0.3 is 23.7 Å². The Bertz CT molecular complexity index is 317. The Hall–Kier alpha value is -1.18. The maximum Gasteiger partial charge on any atom is 0.303 e. The van der Waals surface area contributed by atoms with E-state index in [9.17, 15) is 9.59 Å². The fourth-order valence-corrected chi connectivity index (χ4v) is 2.07. The zero-order valence-electron chi connectivity index (χ0n) is 11.6. The Balaban J connectivity index is 2.83. The molecule has 0 aromatic carbocycles. The van der Waals surface area contributed by atoms with Crippen molar-refractivity contribution in [3.63, 3.8) is 0 Å². The average Bonchev–Trinajstić information content (AvgIpc) is 2.31. The molecule has 7 heteroatoms. The van der Waals surface area contributed by atoms with Gasteiger partial charge in [-0.3, -0.25) is 9.59 Å². The van der Waals surface area contributed by atoms with Gasteiger partial charge >= 0.3 is 11.9 Å². The second-order valence-corrected chi connectivity index (χ2v) is 4.25. The lowest BCUT2D eigenvalue weighted by Gasteiger charge is -2.40. The Labute approximate surface area is 112 Å². The van der Waals surface area contributed by atoms with Crippen LogP contribution in [0.4, 0.5) is 0 Å². The number of hydrogen-bond donors (Lipinski definition) is 0. The van der Waals surface area contributed by atoms with Crippen LogP contribution in [0.3, 0.4) is 0 Å². The van der Waals surface area contributed by atoms with Gasteiger partial charge in [0.25, 0.3) is 0 Å². The quantitative estimate of drug-likeness (QED) is 0.649. The first kappa shape index (κ1) is 15.9. The van der Waals surface area contributed by atoms with Crippen LogP contribution in [0.15, 0.2) is 0 Å². The summed E-state index contributed by atoms with van der Waals surface area (Å²) in [4.78, 5) is 22.2. The largest absolute Gasteiger partial charge is 0.457 e. The molecule has 0 N–H and O–H groups in total. The van der Waals surface area contributed by atoms with Crippen molar-refractivity contribution in [1.29, 1.82) is 0 Å². The van der Waals surface area contributed by atoms with E-state index in [0.717, 1.165) is 0 Å². The molecule has 0 saturated carbocycles. The fourth-order valence-electron chi connectivity index (χ4n) is 2.07. The van der Waals surface area contributed by atoms with Gasteiger partial charge in [-0.05, 0) is 0 Å². The summed E-state index contributed by atoms with van der Waals surface area (Å²) in [6, 6.07) is 0. The van der Waals surface area contributed by atoms with Gasteiger partial charge in [-0.2, -0.15) is 0 Å². The van der Waals surface area contributed by atoms with Gasteiger partial charge in [0.1, 0.15) is 12.2 Å². The molecule has 0 radical (unpaired) electrons. The summed E-state index contributed by atoms with van der Waals surface area (Å²) in [5.74, 6) is -0.900. The molecule has 7 nitrogen and oxygen atoms in total. The Morgan fingerprint density at radius 2 is 1.74 bits per heavy atom. The lowest BCUT2D eigenvalue weighted by Crippen LogP contribution is -2.57. The number of esters is 2. The maximum atomic E-state index is 11.2. The zero-order valence-corrected chi connectivity index (χ0v) is 11.6. The second kappa shape index (κ2) is 7.42. The van der Waals surface area contributed by atoms with Crippen molar-refractivity contribution < 1.29 is 33.3 Å². The molecule has 1 fully saturated rings. The Morgan fingerprint density at radius 3 is 2.21 bits per heavy atom. The summed E-state index contributed by atoms with van der Waals surface area (Å²) in [6.07, 6.45) is -2.33. The van der Waals surface area contributed by atoms with Crippen LogP contribution < -0.4 is 0 Å². The SMILES string of the molecule is COC[C@@H]1OC[C@H](OC(C)=O)[C@H](OC)[C@H]1OC(C)=O. The van der Waals surface area contributed by atoms with E-state index in [-0.39, 0.29) is 13.2 Å². The van der Waals surface area contributed by atoms with E-state index in [4.69, 9.17) is 23.7 Å². The van der Waals surface area contributed by atoms with Crippen molar-refractivity contribution >= 4 is 11.9 Å². The molecular formula is C12H20O7. The zero-order chi connectivity index (χ0) is 14.4. The van der Waals surface area contributed by atoms with E-state index in [1.807, 2.05) is 0 Å². The van der Waals surface area contributed by atoms with Gasteiger partial charge in [0.2, 0.25) is 0 Å². The van der Waals surface area contributed by atoms with Crippen molar-refractivity contribution in [1.82, 2.24) is 0 Å². The summed E-state index contributed by atoms with van der Waals surface area (Å²) < 4.78 is 26.2. The van der Waals surface area contributed by atoms with Crippen LogP contribution in [0, 0.1) is 0 Å². The standard InChI is InChI=1S/C12H20O7/c1-7(13)18-10-6-17-9(5-15-3)12(11(10)16-4)19-8(2)14/h9-12H,5-6H2,1-4H3/t9-,10-,11-,12-/m0/s1. The predicted molar refractivity (Wildman–Crippen MR) is 63.5 cm³/mol. The first-order chi connectivity index (χ1) is 8.99. The van der Waals surface area contributed by atoms with Crippen molar-refractivity contribution in [3.05, 3.63) is 0 Å². The number of hydrogen-bond acceptors (Lipinski definition) is 7. The van der Waals surface area contributed by atoms with Crippen molar-refractivity contribution in [3.8, 4) is 0 Å². The lowest BCUT2D eigenvalue weighted by atomic mass is 9.99. The van der Waals surface area contributed by atoms with Crippen molar-refractivity contribution in [2.75, 3.05) is 27.4 Å². The van der Waals surface area contributed by atoms with E-state index in [1.54, 1.807) is 0 Å². The van der Waals surface area contributed by atoms with Crippen LogP contribution in [-0.2, 0) is 33.3 Å². The molecule has 0 amide bonds. The van der Waals surface area contributed by atoms with Crippen LogP contribution in [0.1, 0.15) is 13.8 Å². The van der Waals surface area contributed by atoms with E-state index >= 15 is 0 Å². The van der Waals surface area contributed by atoms with Gasteiger partial charge in [0, 0.05) is 28.1 Å². The molecule has 1 rings (SSSR count). The number of carbonyl (C=O) groups excluding carboxylic acids is 2. The molecule has 0 aromatic heterocycles. The number of methoxy groups -OCH3 is 2. The minimum absolute atomic E-state index is 0.171. The normalized spacial score (nSPS) is 30.7. The van der Waals surface area contributed by atoms with Gasteiger partial charge in [-0.15, -0.1) is 0 Å². The molecule has 4 atom stereocenters. The third kappa shape index (κ3) is 4.45. The van der Waals surface area contributed by atoms with Crippen molar-refractivity contribution in [2.45, 2.75) is 38.3 Å². The molecule has 1 aliphatic heterocycles. The summed E-state index contributed by atoms with van der Waals surface area (Å²) in [5, 5.41) is 0. The third-order valence-corrected chi connectivity index (χ3v) is 2.75. The van der Waals surface area contributed by atoms with Crippen LogP contribution in [0.2, 0.25) is 0 Å². The molecule has 1 aliphatic rings. The average molecular weight is 276 g/mol. The van der Waals surface area contributed by atoms with E-state index in [2.05, 4.69) is 0 Å². The highest BCUT2D eigenvalue weighted by molar-refractivity contribution is 5.67. The highest BCUT2D eigenvalue weighted by atomic mass is 16.6. The van der Waals surface area contributed by atoms with Gasteiger partial charge in [0.15, 0.2) is 12.2 Å². The Morgan fingerprint density at radius 1 is 1.11 bits per heavy atom. The minimum Gasteiger partial charge on any atom is -0.457 e. The van der Waals surface area contributed by atoms with Crippen LogP contribution >= 0.6 is 0 Å². The van der Waals surface area contributed by atoms with Crippen molar-refractivity contribution in [2.24, 2.45) is 0 Å². The topological polar surface area (TPSA) is 80.3 Å².